The summed E-state index contributed by atoms with van der Waals surface area (Å²) in [4.78, 5) is 29.9. The normalized spacial score (nSPS) is 22.2. The Hall–Kier alpha value is -2.09. The van der Waals surface area contributed by atoms with Crippen molar-refractivity contribution in [3.8, 4) is 0 Å². The van der Waals surface area contributed by atoms with Crippen molar-refractivity contribution in [2.75, 3.05) is 39.4 Å². The van der Waals surface area contributed by atoms with Crippen molar-refractivity contribution in [3.05, 3.63) is 35.4 Å². The van der Waals surface area contributed by atoms with Gasteiger partial charge in [-0.2, -0.15) is 13.2 Å². The van der Waals surface area contributed by atoms with Crippen LogP contribution < -0.4 is 0 Å². The fourth-order valence-corrected chi connectivity index (χ4v) is 5.39. The Labute approximate surface area is 186 Å². The molecule has 176 valence electrons. The zero-order valence-corrected chi connectivity index (χ0v) is 18.3. The van der Waals surface area contributed by atoms with Crippen LogP contribution in [0.5, 0.6) is 0 Å². The first-order valence-corrected chi connectivity index (χ1v) is 11.6. The van der Waals surface area contributed by atoms with Crippen LogP contribution in [0.25, 0.3) is 0 Å². The highest BCUT2D eigenvalue weighted by atomic mass is 19.4. The van der Waals surface area contributed by atoms with Crippen LogP contribution in [-0.4, -0.2) is 61.0 Å². The third-order valence-electron chi connectivity index (χ3n) is 7.36. The molecule has 5 nitrogen and oxygen atoms in total. The number of nitrogens with zero attached hydrogens (tertiary/aromatic N) is 2. The lowest BCUT2D eigenvalue weighted by molar-refractivity contribution is -0.146. The smallest absolute Gasteiger partial charge is 0.381 e. The van der Waals surface area contributed by atoms with E-state index >= 15 is 0 Å². The van der Waals surface area contributed by atoms with Crippen molar-refractivity contribution in [2.45, 2.75) is 56.5 Å². The van der Waals surface area contributed by atoms with Gasteiger partial charge in [-0.05, 0) is 43.2 Å². The summed E-state index contributed by atoms with van der Waals surface area (Å²) in [5.74, 6) is 0.485. The van der Waals surface area contributed by atoms with Gasteiger partial charge >= 0.3 is 6.18 Å². The van der Waals surface area contributed by atoms with E-state index in [1.165, 1.54) is 18.9 Å². The summed E-state index contributed by atoms with van der Waals surface area (Å²) in [5, 5.41) is 0. The number of ether oxygens (including phenoxy) is 1. The van der Waals surface area contributed by atoms with Crippen LogP contribution in [0.15, 0.2) is 24.3 Å². The fraction of sp³-hybridized carbons (Fsp3) is 0.667. The lowest BCUT2D eigenvalue weighted by atomic mass is 9.72. The van der Waals surface area contributed by atoms with Crippen LogP contribution in [0.4, 0.5) is 13.2 Å². The molecule has 2 amide bonds. The number of benzene rings is 1. The summed E-state index contributed by atoms with van der Waals surface area (Å²) >= 11 is 0. The van der Waals surface area contributed by atoms with E-state index in [2.05, 4.69) is 0 Å². The molecule has 8 heteroatoms. The van der Waals surface area contributed by atoms with Crippen LogP contribution in [0, 0.1) is 5.92 Å². The lowest BCUT2D eigenvalue weighted by Crippen LogP contribution is -2.56. The molecule has 0 spiro atoms. The highest BCUT2D eigenvalue weighted by Crippen LogP contribution is 2.40. The topological polar surface area (TPSA) is 49.9 Å². The van der Waals surface area contributed by atoms with Gasteiger partial charge in [-0.25, -0.2) is 0 Å². The van der Waals surface area contributed by atoms with Gasteiger partial charge in [0.1, 0.15) is 0 Å². The fourth-order valence-electron chi connectivity index (χ4n) is 5.39. The second kappa shape index (κ2) is 9.41. The molecule has 0 N–H and O–H groups in total. The largest absolute Gasteiger partial charge is 0.416 e. The molecule has 1 saturated carbocycles. The minimum Gasteiger partial charge on any atom is -0.381 e. The molecule has 0 bridgehead atoms. The highest BCUT2D eigenvalue weighted by Gasteiger charge is 2.45. The molecular weight excluding hydrogens is 421 g/mol. The minimum atomic E-state index is -4.46. The first-order valence-electron chi connectivity index (χ1n) is 11.6. The van der Waals surface area contributed by atoms with Crippen LogP contribution in [0.3, 0.4) is 0 Å². The van der Waals surface area contributed by atoms with Crippen molar-refractivity contribution < 1.29 is 27.5 Å². The molecule has 2 aliphatic heterocycles. The van der Waals surface area contributed by atoms with Crippen molar-refractivity contribution in [1.29, 1.82) is 0 Å². The van der Waals surface area contributed by atoms with Gasteiger partial charge in [0.15, 0.2) is 0 Å². The maximum atomic E-state index is 13.7. The van der Waals surface area contributed by atoms with E-state index < -0.39 is 17.2 Å². The number of hydrogen-bond donors (Lipinski definition) is 0. The van der Waals surface area contributed by atoms with Crippen LogP contribution in [-0.2, 0) is 25.9 Å². The zero-order valence-electron chi connectivity index (χ0n) is 18.3. The highest BCUT2D eigenvalue weighted by molar-refractivity contribution is 5.89. The number of halogens is 3. The summed E-state index contributed by atoms with van der Waals surface area (Å²) in [6.45, 7) is 2.45. The van der Waals surface area contributed by atoms with Crippen LogP contribution >= 0.6 is 0 Å². The molecule has 3 fully saturated rings. The monoisotopic (exact) mass is 452 g/mol. The summed E-state index contributed by atoms with van der Waals surface area (Å²) < 4.78 is 45.4. The number of carbonyl (C=O) groups is 2. The standard InChI is InChI=1S/C24H31F3N2O3/c25-24(26,27)20-7-3-6-19(17-20)23(8-14-32-15-9-23)22(31)29-12-10-28(11-13-29)21(30)16-18-4-1-2-5-18/h3,6-7,17-18H,1-2,4-5,8-16H2. The van der Waals surface area contributed by atoms with E-state index in [0.29, 0.717) is 70.1 Å². The van der Waals surface area contributed by atoms with Gasteiger partial charge in [0.05, 0.1) is 11.0 Å². The second-order valence-electron chi connectivity index (χ2n) is 9.30. The molecule has 0 aromatic heterocycles. The molecular formula is C24H31F3N2O3. The van der Waals surface area contributed by atoms with Gasteiger partial charge < -0.3 is 14.5 Å². The van der Waals surface area contributed by atoms with E-state index in [-0.39, 0.29) is 11.8 Å². The Balaban J connectivity index is 1.47. The maximum Gasteiger partial charge on any atom is 0.416 e. The second-order valence-corrected chi connectivity index (χ2v) is 9.30. The molecule has 0 atom stereocenters. The van der Waals surface area contributed by atoms with Crippen molar-refractivity contribution in [3.63, 3.8) is 0 Å². The van der Waals surface area contributed by atoms with Crippen molar-refractivity contribution in [2.24, 2.45) is 5.92 Å². The van der Waals surface area contributed by atoms with Gasteiger partial charge in [-0.3, -0.25) is 9.59 Å². The Bertz CT molecular complexity index is 822. The summed E-state index contributed by atoms with van der Waals surface area (Å²) in [6, 6.07) is 5.16. The number of carbonyl (C=O) groups excluding carboxylic acids is 2. The van der Waals surface area contributed by atoms with Crippen LogP contribution in [0.1, 0.15) is 56.1 Å². The first-order chi connectivity index (χ1) is 15.3. The molecule has 4 rings (SSSR count). The van der Waals surface area contributed by atoms with Gasteiger partial charge in [-0.1, -0.05) is 31.0 Å². The van der Waals surface area contributed by atoms with E-state index in [9.17, 15) is 22.8 Å². The van der Waals surface area contributed by atoms with E-state index in [0.717, 1.165) is 25.0 Å². The van der Waals surface area contributed by atoms with Gasteiger partial charge in [0.2, 0.25) is 11.8 Å². The molecule has 1 aromatic carbocycles. The lowest BCUT2D eigenvalue weighted by Gasteiger charge is -2.43. The van der Waals surface area contributed by atoms with E-state index in [1.807, 2.05) is 4.90 Å². The van der Waals surface area contributed by atoms with Crippen molar-refractivity contribution >= 4 is 11.8 Å². The van der Waals surface area contributed by atoms with E-state index in [1.54, 1.807) is 11.0 Å². The average Bonchev–Trinajstić information content (AvgIpc) is 3.32. The molecule has 1 aliphatic carbocycles. The molecule has 1 aromatic rings. The Kier molecular flexibility index (Phi) is 6.79. The number of rotatable bonds is 4. The number of alkyl halides is 3. The van der Waals surface area contributed by atoms with Gasteiger partial charge in [-0.15, -0.1) is 0 Å². The van der Waals surface area contributed by atoms with Crippen LogP contribution in [0.2, 0.25) is 0 Å². The number of amides is 2. The molecule has 32 heavy (non-hydrogen) atoms. The summed E-state index contributed by atoms with van der Waals surface area (Å²) in [5.41, 5.74) is -1.36. The molecule has 2 heterocycles. The third-order valence-corrected chi connectivity index (χ3v) is 7.36. The third kappa shape index (κ3) is 4.80. The van der Waals surface area contributed by atoms with Crippen molar-refractivity contribution in [1.82, 2.24) is 9.80 Å². The van der Waals surface area contributed by atoms with Gasteiger partial charge in [0, 0.05) is 45.8 Å². The average molecular weight is 453 g/mol. The Morgan fingerprint density at radius 1 is 1.00 bits per heavy atom. The predicted molar refractivity (Wildman–Crippen MR) is 113 cm³/mol. The number of piperazine rings is 1. The zero-order chi connectivity index (χ0) is 22.8. The number of hydrogen-bond acceptors (Lipinski definition) is 3. The Morgan fingerprint density at radius 2 is 1.62 bits per heavy atom. The predicted octanol–water partition coefficient (Wildman–Crippen LogP) is 4.00. The Morgan fingerprint density at radius 3 is 2.25 bits per heavy atom. The summed E-state index contributed by atoms with van der Waals surface area (Å²) in [7, 11) is 0. The molecule has 3 aliphatic rings. The molecule has 2 saturated heterocycles. The maximum absolute atomic E-state index is 13.7. The molecule has 0 unspecified atom stereocenters. The first kappa shape index (κ1) is 23.1. The van der Waals surface area contributed by atoms with Gasteiger partial charge in [0.25, 0.3) is 0 Å². The molecule has 0 radical (unpaired) electrons. The van der Waals surface area contributed by atoms with E-state index in [4.69, 9.17) is 4.74 Å². The summed E-state index contributed by atoms with van der Waals surface area (Å²) in [6.07, 6.45) is 1.46. The minimum absolute atomic E-state index is 0.150. The quantitative estimate of drug-likeness (QED) is 0.694. The SMILES string of the molecule is O=C(CC1CCCC1)N1CCN(C(=O)C2(c3cccc(C(F)(F)F)c3)CCOCC2)CC1.